The molecule has 0 aliphatic heterocycles. The molecule has 2 atom stereocenters. The Bertz CT molecular complexity index is 125. The molecule has 0 saturated carbocycles. The summed E-state index contributed by atoms with van der Waals surface area (Å²) in [6.07, 6.45) is 3.09. The molecule has 2 N–H and O–H groups in total. The maximum absolute atomic E-state index is 5.59. The minimum atomic E-state index is 0.0232. The molecule has 11 heavy (non-hydrogen) atoms. The van der Waals surface area contributed by atoms with Crippen LogP contribution in [0, 0.1) is 5.41 Å². The van der Waals surface area contributed by atoms with Crippen LogP contribution in [-0.4, -0.2) is 19.8 Å². The summed E-state index contributed by atoms with van der Waals surface area (Å²) in [6.45, 7) is 8.52. The fourth-order valence-electron chi connectivity index (χ4n) is 0.990. The third-order valence-corrected chi connectivity index (χ3v) is 2.12. The molecule has 0 aromatic heterocycles. The van der Waals surface area contributed by atoms with Gasteiger partial charge in [0.15, 0.2) is 0 Å². The molecule has 0 aromatic rings. The molecule has 0 saturated heterocycles. The van der Waals surface area contributed by atoms with Crippen molar-refractivity contribution in [3.05, 3.63) is 12.7 Å². The second kappa shape index (κ2) is 4.52. The fourth-order valence-corrected chi connectivity index (χ4v) is 0.990. The minimum Gasteiger partial charge on any atom is -0.382 e. The monoisotopic (exact) mass is 157 g/mol. The zero-order valence-electron chi connectivity index (χ0n) is 7.76. The summed E-state index contributed by atoms with van der Waals surface area (Å²) in [6, 6.07) is 0. The van der Waals surface area contributed by atoms with E-state index in [-0.39, 0.29) is 11.5 Å². The van der Waals surface area contributed by atoms with Crippen LogP contribution in [-0.2, 0) is 4.74 Å². The lowest BCUT2D eigenvalue weighted by molar-refractivity contribution is 0.0850. The standard InChI is InChI=1S/C9H19NO/c1-5-9(3,7-10)6-8(2)11-4/h5,8H,1,6-7,10H2,2-4H3. The Morgan fingerprint density at radius 3 is 2.55 bits per heavy atom. The third kappa shape index (κ3) is 3.54. The summed E-state index contributed by atoms with van der Waals surface area (Å²) in [4.78, 5) is 0. The van der Waals surface area contributed by atoms with Crippen LogP contribution in [0.1, 0.15) is 20.3 Å². The second-order valence-electron chi connectivity index (χ2n) is 3.31. The van der Waals surface area contributed by atoms with Crippen molar-refractivity contribution in [1.82, 2.24) is 0 Å². The van der Waals surface area contributed by atoms with Gasteiger partial charge in [-0.2, -0.15) is 0 Å². The van der Waals surface area contributed by atoms with Gasteiger partial charge in [-0.05, 0) is 18.8 Å². The number of nitrogens with two attached hydrogens (primary N) is 1. The van der Waals surface area contributed by atoms with Gasteiger partial charge in [-0.3, -0.25) is 0 Å². The molecule has 2 unspecified atom stereocenters. The molecule has 2 heteroatoms. The summed E-state index contributed by atoms with van der Waals surface area (Å²) in [5.41, 5.74) is 5.62. The van der Waals surface area contributed by atoms with Crippen LogP contribution in [0.4, 0.5) is 0 Å². The quantitative estimate of drug-likeness (QED) is 0.615. The number of methoxy groups -OCH3 is 1. The second-order valence-corrected chi connectivity index (χ2v) is 3.31. The normalized spacial score (nSPS) is 18.9. The average Bonchev–Trinajstić information content (AvgIpc) is 2.04. The molecule has 0 bridgehead atoms. The smallest absolute Gasteiger partial charge is 0.0551 e. The molecule has 0 rings (SSSR count). The van der Waals surface area contributed by atoms with Gasteiger partial charge >= 0.3 is 0 Å². The van der Waals surface area contributed by atoms with Crippen LogP contribution in [0.25, 0.3) is 0 Å². The van der Waals surface area contributed by atoms with Crippen molar-refractivity contribution >= 4 is 0 Å². The van der Waals surface area contributed by atoms with Gasteiger partial charge in [-0.25, -0.2) is 0 Å². The number of hydrogen-bond acceptors (Lipinski definition) is 2. The maximum Gasteiger partial charge on any atom is 0.0551 e. The van der Waals surface area contributed by atoms with Crippen LogP contribution in [0.5, 0.6) is 0 Å². The van der Waals surface area contributed by atoms with Crippen molar-refractivity contribution in [2.24, 2.45) is 11.1 Å². The van der Waals surface area contributed by atoms with Crippen LogP contribution in [0.2, 0.25) is 0 Å². The van der Waals surface area contributed by atoms with Crippen molar-refractivity contribution in [1.29, 1.82) is 0 Å². The van der Waals surface area contributed by atoms with Crippen molar-refractivity contribution < 1.29 is 4.74 Å². The van der Waals surface area contributed by atoms with E-state index in [9.17, 15) is 0 Å². The van der Waals surface area contributed by atoms with Crippen molar-refractivity contribution in [3.63, 3.8) is 0 Å². The highest BCUT2D eigenvalue weighted by Crippen LogP contribution is 2.23. The topological polar surface area (TPSA) is 35.2 Å². The Balaban J connectivity index is 3.96. The molecule has 0 aliphatic carbocycles. The van der Waals surface area contributed by atoms with Crippen molar-refractivity contribution in [3.8, 4) is 0 Å². The first-order valence-corrected chi connectivity index (χ1v) is 3.94. The molecule has 0 amide bonds. The van der Waals surface area contributed by atoms with Gasteiger partial charge in [-0.15, -0.1) is 6.58 Å². The highest BCUT2D eigenvalue weighted by Gasteiger charge is 2.20. The molecule has 0 spiro atoms. The summed E-state index contributed by atoms with van der Waals surface area (Å²) in [5.74, 6) is 0. The molecule has 0 aliphatic rings. The van der Waals surface area contributed by atoms with E-state index < -0.39 is 0 Å². The van der Waals surface area contributed by atoms with Gasteiger partial charge < -0.3 is 10.5 Å². The molecule has 66 valence electrons. The van der Waals surface area contributed by atoms with E-state index >= 15 is 0 Å². The Labute approximate surface area is 69.4 Å². The minimum absolute atomic E-state index is 0.0232. The first-order valence-electron chi connectivity index (χ1n) is 3.94. The van der Waals surface area contributed by atoms with Crippen molar-refractivity contribution in [2.45, 2.75) is 26.4 Å². The molecule has 2 nitrogen and oxygen atoms in total. The lowest BCUT2D eigenvalue weighted by Crippen LogP contribution is -2.29. The van der Waals surface area contributed by atoms with Gasteiger partial charge in [0, 0.05) is 13.7 Å². The Kier molecular flexibility index (Phi) is 4.38. The highest BCUT2D eigenvalue weighted by atomic mass is 16.5. The SMILES string of the molecule is C=CC(C)(CN)CC(C)OC. The predicted octanol–water partition coefficient (Wildman–Crippen LogP) is 1.56. The van der Waals surface area contributed by atoms with E-state index in [4.69, 9.17) is 10.5 Å². The molecule has 0 fully saturated rings. The highest BCUT2D eigenvalue weighted by molar-refractivity contribution is 4.93. The van der Waals surface area contributed by atoms with Gasteiger partial charge in [0.2, 0.25) is 0 Å². The van der Waals surface area contributed by atoms with E-state index in [0.29, 0.717) is 6.54 Å². The van der Waals surface area contributed by atoms with Gasteiger partial charge in [-0.1, -0.05) is 13.0 Å². The van der Waals surface area contributed by atoms with Crippen LogP contribution < -0.4 is 5.73 Å². The largest absolute Gasteiger partial charge is 0.382 e. The van der Waals surface area contributed by atoms with Gasteiger partial charge in [0.05, 0.1) is 6.10 Å². The van der Waals surface area contributed by atoms with Crippen LogP contribution in [0.3, 0.4) is 0 Å². The van der Waals surface area contributed by atoms with Crippen LogP contribution in [0.15, 0.2) is 12.7 Å². The Morgan fingerprint density at radius 1 is 1.73 bits per heavy atom. The molecule has 0 aromatic carbocycles. The first-order chi connectivity index (χ1) is 5.08. The Morgan fingerprint density at radius 2 is 2.27 bits per heavy atom. The first kappa shape index (κ1) is 10.7. The third-order valence-electron chi connectivity index (χ3n) is 2.12. The van der Waals surface area contributed by atoms with Crippen molar-refractivity contribution in [2.75, 3.05) is 13.7 Å². The maximum atomic E-state index is 5.59. The molecule has 0 radical (unpaired) electrons. The molecular formula is C9H19NO. The number of rotatable bonds is 5. The van der Waals surface area contributed by atoms with Gasteiger partial charge in [0.25, 0.3) is 0 Å². The fraction of sp³-hybridized carbons (Fsp3) is 0.778. The summed E-state index contributed by atoms with van der Waals surface area (Å²) in [7, 11) is 1.71. The summed E-state index contributed by atoms with van der Waals surface area (Å²) < 4.78 is 5.15. The average molecular weight is 157 g/mol. The zero-order chi connectivity index (χ0) is 8.91. The molecular weight excluding hydrogens is 138 g/mol. The van der Waals surface area contributed by atoms with E-state index in [1.54, 1.807) is 7.11 Å². The van der Waals surface area contributed by atoms with E-state index in [1.807, 2.05) is 13.0 Å². The lowest BCUT2D eigenvalue weighted by atomic mass is 9.85. The van der Waals surface area contributed by atoms with E-state index in [0.717, 1.165) is 6.42 Å². The number of ether oxygens (including phenoxy) is 1. The summed E-state index contributed by atoms with van der Waals surface area (Å²) in [5, 5.41) is 0. The van der Waals surface area contributed by atoms with Crippen LogP contribution >= 0.6 is 0 Å². The molecule has 0 heterocycles. The number of hydrogen-bond donors (Lipinski definition) is 1. The van der Waals surface area contributed by atoms with E-state index in [1.165, 1.54) is 0 Å². The zero-order valence-corrected chi connectivity index (χ0v) is 7.76. The summed E-state index contributed by atoms with van der Waals surface area (Å²) >= 11 is 0. The predicted molar refractivity (Wildman–Crippen MR) is 48.4 cm³/mol. The van der Waals surface area contributed by atoms with E-state index in [2.05, 4.69) is 13.5 Å². The Hall–Kier alpha value is -0.340. The lowest BCUT2D eigenvalue weighted by Gasteiger charge is -2.26. The van der Waals surface area contributed by atoms with Gasteiger partial charge in [0.1, 0.15) is 0 Å².